The van der Waals surface area contributed by atoms with E-state index in [9.17, 15) is 13.9 Å². The Bertz CT molecular complexity index is 1240. The van der Waals surface area contributed by atoms with E-state index in [0.717, 1.165) is 0 Å². The number of anilines is 1. The SMILES string of the molecule is CC(C)n1c(C2CCC2(F)F)nc2c(F)cc(-c3nc(N[C@@H]4CCOC[C@H]4O)ncc3Cl)cc21. The molecule has 1 aromatic carbocycles. The molecule has 2 aromatic heterocycles. The fourth-order valence-corrected chi connectivity index (χ4v) is 4.82. The van der Waals surface area contributed by atoms with E-state index >= 15 is 4.39 Å². The van der Waals surface area contributed by atoms with Crippen molar-refractivity contribution < 1.29 is 23.0 Å². The number of aromatic nitrogens is 4. The van der Waals surface area contributed by atoms with E-state index in [-0.39, 0.29) is 53.1 Å². The average molecular weight is 496 g/mol. The number of rotatable bonds is 5. The highest BCUT2D eigenvalue weighted by Crippen LogP contribution is 2.50. The number of hydrogen-bond donors (Lipinski definition) is 2. The number of halogens is 4. The molecule has 2 fully saturated rings. The van der Waals surface area contributed by atoms with Gasteiger partial charge in [0, 0.05) is 24.6 Å². The molecule has 1 aliphatic heterocycles. The van der Waals surface area contributed by atoms with Crippen LogP contribution >= 0.6 is 11.6 Å². The molecule has 11 heteroatoms. The Balaban J connectivity index is 1.57. The number of nitrogens with one attached hydrogen (secondary N) is 1. The van der Waals surface area contributed by atoms with Crippen molar-refractivity contribution >= 4 is 28.6 Å². The second-order valence-electron chi connectivity index (χ2n) is 9.18. The molecule has 1 saturated heterocycles. The van der Waals surface area contributed by atoms with E-state index in [2.05, 4.69) is 20.3 Å². The van der Waals surface area contributed by atoms with Gasteiger partial charge in [0.1, 0.15) is 11.3 Å². The molecule has 3 aromatic rings. The molecule has 3 atom stereocenters. The van der Waals surface area contributed by atoms with Crippen LogP contribution in [-0.2, 0) is 4.74 Å². The van der Waals surface area contributed by atoms with Crippen LogP contribution in [0.1, 0.15) is 50.9 Å². The number of alkyl halides is 2. The summed E-state index contributed by atoms with van der Waals surface area (Å²) in [6.07, 6.45) is 1.38. The normalized spacial score (nSPS) is 24.4. The van der Waals surface area contributed by atoms with Gasteiger partial charge in [0.05, 0.1) is 47.1 Å². The van der Waals surface area contributed by atoms with Crippen LogP contribution in [0.3, 0.4) is 0 Å². The molecule has 2 aliphatic rings. The predicted molar refractivity (Wildman–Crippen MR) is 122 cm³/mol. The highest BCUT2D eigenvalue weighted by molar-refractivity contribution is 6.33. The van der Waals surface area contributed by atoms with Gasteiger partial charge in [-0.2, -0.15) is 0 Å². The number of aliphatic hydroxyl groups is 1. The molecule has 3 heterocycles. The third-order valence-electron chi connectivity index (χ3n) is 6.54. The lowest BCUT2D eigenvalue weighted by atomic mass is 9.80. The number of nitrogens with zero attached hydrogens (tertiary/aromatic N) is 4. The Kier molecular flexibility index (Phi) is 5.94. The van der Waals surface area contributed by atoms with E-state index in [1.54, 1.807) is 10.6 Å². The minimum atomic E-state index is -2.85. The number of benzene rings is 1. The zero-order valence-corrected chi connectivity index (χ0v) is 19.5. The third kappa shape index (κ3) is 4.01. The van der Waals surface area contributed by atoms with E-state index in [4.69, 9.17) is 16.3 Å². The second kappa shape index (κ2) is 8.66. The molecule has 0 amide bonds. The molecule has 182 valence electrons. The lowest BCUT2D eigenvalue weighted by Crippen LogP contribution is -2.42. The molecule has 7 nitrogen and oxygen atoms in total. The van der Waals surface area contributed by atoms with Crippen LogP contribution in [-0.4, -0.2) is 55.9 Å². The van der Waals surface area contributed by atoms with Gasteiger partial charge in [-0.3, -0.25) is 0 Å². The molecular formula is C23H25ClF3N5O2. The van der Waals surface area contributed by atoms with Crippen molar-refractivity contribution in [3.8, 4) is 11.3 Å². The molecule has 5 rings (SSSR count). The van der Waals surface area contributed by atoms with Gasteiger partial charge < -0.3 is 19.7 Å². The topological polar surface area (TPSA) is 85.1 Å². The van der Waals surface area contributed by atoms with Crippen LogP contribution in [0.4, 0.5) is 19.1 Å². The standard InChI is InChI=1S/C23H25ClF3N5O2/c1-11(2)32-17-8-12(7-15(25)20(17)30-21(32)13-3-5-23(13,26)27)19-14(24)9-28-22(31-19)29-16-4-6-34-10-18(16)33/h7-9,11,13,16,18,33H,3-6,10H2,1-2H3,(H,28,29,31)/t13?,16-,18-/m1/s1. The lowest BCUT2D eigenvalue weighted by molar-refractivity contribution is -0.0999. The Morgan fingerprint density at radius 1 is 1.26 bits per heavy atom. The molecule has 1 aliphatic carbocycles. The maximum absolute atomic E-state index is 15.2. The minimum absolute atomic E-state index is 0.0454. The molecular weight excluding hydrogens is 471 g/mol. The fourth-order valence-electron chi connectivity index (χ4n) is 4.62. The molecule has 1 unspecified atom stereocenters. The molecule has 34 heavy (non-hydrogen) atoms. The molecule has 0 radical (unpaired) electrons. The predicted octanol–water partition coefficient (Wildman–Crippen LogP) is 4.94. The molecule has 1 saturated carbocycles. The number of fused-ring (bicyclic) bond motifs is 1. The summed E-state index contributed by atoms with van der Waals surface area (Å²) in [6, 6.07) is 2.42. The van der Waals surface area contributed by atoms with Crippen molar-refractivity contribution in [2.24, 2.45) is 0 Å². The quantitative estimate of drug-likeness (QED) is 0.521. The van der Waals surface area contributed by atoms with E-state index < -0.39 is 23.8 Å². The van der Waals surface area contributed by atoms with Crippen LogP contribution in [0.2, 0.25) is 5.02 Å². The third-order valence-corrected chi connectivity index (χ3v) is 6.82. The van der Waals surface area contributed by atoms with Crippen molar-refractivity contribution in [1.29, 1.82) is 0 Å². The second-order valence-corrected chi connectivity index (χ2v) is 9.59. The van der Waals surface area contributed by atoms with Crippen molar-refractivity contribution in [3.63, 3.8) is 0 Å². The first-order valence-corrected chi connectivity index (χ1v) is 11.7. The Labute approximate surface area is 199 Å². The summed E-state index contributed by atoms with van der Waals surface area (Å²) in [4.78, 5) is 12.9. The van der Waals surface area contributed by atoms with Crippen molar-refractivity contribution in [2.75, 3.05) is 18.5 Å². The van der Waals surface area contributed by atoms with Crippen LogP contribution in [0.15, 0.2) is 18.3 Å². The van der Waals surface area contributed by atoms with E-state index in [0.29, 0.717) is 30.5 Å². The highest BCUT2D eigenvalue weighted by atomic mass is 35.5. The summed E-state index contributed by atoms with van der Waals surface area (Å²) in [5, 5.41) is 13.4. The molecule has 0 spiro atoms. The minimum Gasteiger partial charge on any atom is -0.389 e. The number of ether oxygens (including phenoxy) is 1. The van der Waals surface area contributed by atoms with Crippen molar-refractivity contribution in [1.82, 2.24) is 19.5 Å². The number of imidazole rings is 1. The van der Waals surface area contributed by atoms with Crippen molar-refractivity contribution in [2.45, 2.75) is 63.1 Å². The van der Waals surface area contributed by atoms with Crippen molar-refractivity contribution in [3.05, 3.63) is 35.0 Å². The first-order chi connectivity index (χ1) is 16.2. The van der Waals surface area contributed by atoms with Gasteiger partial charge in [0.2, 0.25) is 5.95 Å². The van der Waals surface area contributed by atoms with E-state index in [1.807, 2.05) is 13.8 Å². The van der Waals surface area contributed by atoms with E-state index in [1.165, 1.54) is 12.3 Å². The summed E-state index contributed by atoms with van der Waals surface area (Å²) < 4.78 is 50.5. The van der Waals surface area contributed by atoms with Gasteiger partial charge in [-0.25, -0.2) is 28.1 Å². The summed E-state index contributed by atoms with van der Waals surface area (Å²) >= 11 is 6.37. The smallest absolute Gasteiger partial charge is 0.257 e. The average Bonchev–Trinajstić information content (AvgIpc) is 3.15. The Morgan fingerprint density at radius 3 is 2.71 bits per heavy atom. The Hall–Kier alpha value is -2.43. The molecule has 0 bridgehead atoms. The van der Waals surface area contributed by atoms with Gasteiger partial charge in [-0.05, 0) is 38.8 Å². The van der Waals surface area contributed by atoms with Gasteiger partial charge in [-0.15, -0.1) is 0 Å². The fraction of sp³-hybridized carbons (Fsp3) is 0.522. The number of aliphatic hydroxyl groups excluding tert-OH is 1. The summed E-state index contributed by atoms with van der Waals surface area (Å²) in [5.74, 6) is -4.09. The zero-order chi connectivity index (χ0) is 24.2. The van der Waals surface area contributed by atoms with Crippen LogP contribution < -0.4 is 5.32 Å². The van der Waals surface area contributed by atoms with Gasteiger partial charge in [0.15, 0.2) is 5.82 Å². The van der Waals surface area contributed by atoms with Gasteiger partial charge >= 0.3 is 0 Å². The molecule has 2 N–H and O–H groups in total. The Morgan fingerprint density at radius 2 is 2.06 bits per heavy atom. The van der Waals surface area contributed by atoms with Gasteiger partial charge in [0.25, 0.3) is 5.92 Å². The summed E-state index contributed by atoms with van der Waals surface area (Å²) in [5.41, 5.74) is 1.12. The number of hydrogen-bond acceptors (Lipinski definition) is 6. The maximum Gasteiger partial charge on any atom is 0.257 e. The van der Waals surface area contributed by atoms with Gasteiger partial charge in [-0.1, -0.05) is 11.6 Å². The summed E-state index contributed by atoms with van der Waals surface area (Å²) in [6.45, 7) is 4.41. The monoisotopic (exact) mass is 495 g/mol. The van der Waals surface area contributed by atoms with Crippen LogP contribution in [0.5, 0.6) is 0 Å². The zero-order valence-electron chi connectivity index (χ0n) is 18.7. The highest BCUT2D eigenvalue weighted by Gasteiger charge is 2.51. The largest absolute Gasteiger partial charge is 0.389 e. The lowest BCUT2D eigenvalue weighted by Gasteiger charge is -2.36. The van der Waals surface area contributed by atoms with Crippen LogP contribution in [0.25, 0.3) is 22.3 Å². The van der Waals surface area contributed by atoms with Crippen LogP contribution in [0, 0.1) is 5.82 Å². The maximum atomic E-state index is 15.2. The first kappa shape index (κ1) is 23.3. The first-order valence-electron chi connectivity index (χ1n) is 11.3. The summed E-state index contributed by atoms with van der Waals surface area (Å²) in [7, 11) is 0.